The third-order valence-electron chi connectivity index (χ3n) is 3.23. The van der Waals surface area contributed by atoms with Crippen molar-refractivity contribution in [2.24, 2.45) is 0 Å². The maximum Gasteiger partial charge on any atom is 0.206 e. The summed E-state index contributed by atoms with van der Waals surface area (Å²) in [5.74, 6) is 0. The predicted octanol–water partition coefficient (Wildman–Crippen LogP) is 3.14. The van der Waals surface area contributed by atoms with Crippen LogP contribution in [-0.2, 0) is 0 Å². The summed E-state index contributed by atoms with van der Waals surface area (Å²) in [6.45, 7) is 0.110. The van der Waals surface area contributed by atoms with Gasteiger partial charge >= 0.3 is 0 Å². The van der Waals surface area contributed by atoms with Crippen molar-refractivity contribution < 1.29 is 5.11 Å². The Kier molecular flexibility index (Phi) is 4.72. The van der Waals surface area contributed by atoms with E-state index in [4.69, 9.17) is 0 Å². The van der Waals surface area contributed by atoms with Gasteiger partial charge in [-0.2, -0.15) is 0 Å². The second-order valence-electron chi connectivity index (χ2n) is 4.75. The topological polar surface area (TPSA) is 70.9 Å². The minimum absolute atomic E-state index is 0.00994. The summed E-state index contributed by atoms with van der Waals surface area (Å²) in [5, 5.41) is 22.5. The number of aromatic nitrogens is 3. The molecule has 0 radical (unpaired) electrons. The summed E-state index contributed by atoms with van der Waals surface area (Å²) in [5.41, 5.74) is 1.93. The zero-order valence-corrected chi connectivity index (χ0v) is 12.7. The number of nitrogens with zero attached hydrogens (tertiary/aromatic N) is 3. The van der Waals surface area contributed by atoms with E-state index in [0.29, 0.717) is 6.42 Å². The third kappa shape index (κ3) is 3.47. The van der Waals surface area contributed by atoms with Gasteiger partial charge in [0.25, 0.3) is 0 Å². The smallest absolute Gasteiger partial charge is 0.206 e. The zero-order valence-electron chi connectivity index (χ0n) is 11.9. The highest BCUT2D eigenvalue weighted by molar-refractivity contribution is 7.18. The van der Waals surface area contributed by atoms with Crippen molar-refractivity contribution >= 4 is 16.5 Å². The number of anilines is 1. The standard InChI is InChI=1S/C16H16N4OS/c21-11-9-13(12-6-2-1-3-7-12)18-16-20-19-15(22-16)14-8-4-5-10-17-14/h1-8,10,13,21H,9,11H2,(H,18,20)/t13-/m1/s1. The molecule has 2 N–H and O–H groups in total. The Labute approximate surface area is 132 Å². The van der Waals surface area contributed by atoms with Gasteiger partial charge in [0.2, 0.25) is 5.13 Å². The van der Waals surface area contributed by atoms with Gasteiger partial charge in [-0.1, -0.05) is 47.7 Å². The van der Waals surface area contributed by atoms with Crippen molar-refractivity contribution in [3.63, 3.8) is 0 Å². The van der Waals surface area contributed by atoms with Crippen molar-refractivity contribution in [2.45, 2.75) is 12.5 Å². The summed E-state index contributed by atoms with van der Waals surface area (Å²) < 4.78 is 0. The van der Waals surface area contributed by atoms with Crippen molar-refractivity contribution in [3.05, 3.63) is 60.3 Å². The molecule has 0 amide bonds. The highest BCUT2D eigenvalue weighted by Gasteiger charge is 2.14. The predicted molar refractivity (Wildman–Crippen MR) is 87.6 cm³/mol. The third-order valence-corrected chi connectivity index (χ3v) is 4.10. The molecule has 3 rings (SSSR count). The van der Waals surface area contributed by atoms with Crippen LogP contribution in [0.2, 0.25) is 0 Å². The molecule has 22 heavy (non-hydrogen) atoms. The lowest BCUT2D eigenvalue weighted by molar-refractivity contribution is 0.280. The van der Waals surface area contributed by atoms with E-state index in [0.717, 1.165) is 21.4 Å². The van der Waals surface area contributed by atoms with Crippen molar-refractivity contribution in [3.8, 4) is 10.7 Å². The fourth-order valence-corrected chi connectivity index (χ4v) is 2.93. The maximum atomic E-state index is 9.28. The SMILES string of the molecule is OCC[C@@H](Nc1nnc(-c2ccccn2)s1)c1ccccc1. The van der Waals surface area contributed by atoms with Crippen molar-refractivity contribution in [1.29, 1.82) is 0 Å². The van der Waals surface area contributed by atoms with E-state index in [-0.39, 0.29) is 12.6 Å². The molecule has 0 aliphatic rings. The van der Waals surface area contributed by atoms with E-state index in [1.807, 2.05) is 48.5 Å². The minimum atomic E-state index is 0.00994. The Bertz CT molecular complexity index is 702. The van der Waals surface area contributed by atoms with Gasteiger partial charge in [0, 0.05) is 12.8 Å². The average molecular weight is 312 g/mol. The lowest BCUT2D eigenvalue weighted by atomic mass is 10.0. The number of hydrogen-bond donors (Lipinski definition) is 2. The summed E-state index contributed by atoms with van der Waals surface area (Å²) >= 11 is 1.46. The first-order valence-corrected chi connectivity index (χ1v) is 7.85. The first-order valence-electron chi connectivity index (χ1n) is 7.04. The Balaban J connectivity index is 1.78. The maximum absolute atomic E-state index is 9.28. The lowest BCUT2D eigenvalue weighted by Crippen LogP contribution is -2.12. The monoisotopic (exact) mass is 312 g/mol. The molecule has 0 saturated carbocycles. The number of aliphatic hydroxyl groups is 1. The highest BCUT2D eigenvalue weighted by atomic mass is 32.1. The van der Waals surface area contributed by atoms with Crippen LogP contribution in [0.5, 0.6) is 0 Å². The Morgan fingerprint density at radius 3 is 2.59 bits per heavy atom. The fourth-order valence-electron chi connectivity index (χ4n) is 2.16. The second-order valence-corrected chi connectivity index (χ2v) is 5.72. The van der Waals surface area contributed by atoms with Gasteiger partial charge in [0.05, 0.1) is 6.04 Å². The molecule has 2 heterocycles. The first kappa shape index (κ1) is 14.6. The zero-order chi connectivity index (χ0) is 15.2. The van der Waals surface area contributed by atoms with Gasteiger partial charge in [-0.15, -0.1) is 10.2 Å². The molecule has 0 aliphatic heterocycles. The van der Waals surface area contributed by atoms with E-state index in [2.05, 4.69) is 20.5 Å². The van der Waals surface area contributed by atoms with Gasteiger partial charge < -0.3 is 10.4 Å². The van der Waals surface area contributed by atoms with E-state index in [1.165, 1.54) is 11.3 Å². The Morgan fingerprint density at radius 1 is 1.05 bits per heavy atom. The molecule has 3 aromatic rings. The largest absolute Gasteiger partial charge is 0.396 e. The number of benzene rings is 1. The molecule has 0 fully saturated rings. The molecule has 6 heteroatoms. The fraction of sp³-hybridized carbons (Fsp3) is 0.188. The Hall–Kier alpha value is -2.31. The van der Waals surface area contributed by atoms with Crippen LogP contribution in [0.1, 0.15) is 18.0 Å². The number of pyridine rings is 1. The number of hydrogen-bond acceptors (Lipinski definition) is 6. The van der Waals surface area contributed by atoms with Crippen LogP contribution in [0, 0.1) is 0 Å². The van der Waals surface area contributed by atoms with Gasteiger partial charge in [-0.25, -0.2) is 0 Å². The first-order chi connectivity index (χ1) is 10.9. The van der Waals surface area contributed by atoms with E-state index in [1.54, 1.807) is 6.20 Å². The normalized spacial score (nSPS) is 12.0. The van der Waals surface area contributed by atoms with Crippen LogP contribution < -0.4 is 5.32 Å². The van der Waals surface area contributed by atoms with E-state index < -0.39 is 0 Å². The quantitative estimate of drug-likeness (QED) is 0.731. The molecule has 5 nitrogen and oxygen atoms in total. The number of nitrogens with one attached hydrogen (secondary N) is 1. The van der Waals surface area contributed by atoms with Crippen LogP contribution in [-0.4, -0.2) is 26.9 Å². The van der Waals surface area contributed by atoms with Gasteiger partial charge in [0.1, 0.15) is 5.69 Å². The second kappa shape index (κ2) is 7.11. The average Bonchev–Trinajstić information content (AvgIpc) is 3.05. The molecule has 0 unspecified atom stereocenters. The molecular formula is C16H16N4OS. The molecule has 0 bridgehead atoms. The molecule has 2 aromatic heterocycles. The van der Waals surface area contributed by atoms with Gasteiger partial charge in [-0.05, 0) is 24.1 Å². The number of aliphatic hydroxyl groups excluding tert-OH is 1. The van der Waals surface area contributed by atoms with Gasteiger partial charge in [-0.3, -0.25) is 4.98 Å². The summed E-state index contributed by atoms with van der Waals surface area (Å²) in [6, 6.07) is 15.7. The molecule has 0 aliphatic carbocycles. The summed E-state index contributed by atoms with van der Waals surface area (Å²) in [4.78, 5) is 4.28. The van der Waals surface area contributed by atoms with E-state index >= 15 is 0 Å². The molecular weight excluding hydrogens is 296 g/mol. The molecule has 0 spiro atoms. The van der Waals surface area contributed by atoms with Crippen LogP contribution in [0.3, 0.4) is 0 Å². The minimum Gasteiger partial charge on any atom is -0.396 e. The number of rotatable bonds is 6. The van der Waals surface area contributed by atoms with Crippen LogP contribution in [0.25, 0.3) is 10.7 Å². The van der Waals surface area contributed by atoms with Gasteiger partial charge in [0.15, 0.2) is 5.01 Å². The Morgan fingerprint density at radius 2 is 1.86 bits per heavy atom. The molecule has 1 aromatic carbocycles. The summed E-state index contributed by atoms with van der Waals surface area (Å²) in [6.07, 6.45) is 2.35. The van der Waals surface area contributed by atoms with E-state index in [9.17, 15) is 5.11 Å². The molecule has 0 saturated heterocycles. The van der Waals surface area contributed by atoms with Crippen LogP contribution >= 0.6 is 11.3 Å². The van der Waals surface area contributed by atoms with Crippen molar-refractivity contribution in [1.82, 2.24) is 15.2 Å². The van der Waals surface area contributed by atoms with Crippen LogP contribution in [0.4, 0.5) is 5.13 Å². The summed E-state index contributed by atoms with van der Waals surface area (Å²) in [7, 11) is 0. The molecule has 1 atom stereocenters. The van der Waals surface area contributed by atoms with Crippen LogP contribution in [0.15, 0.2) is 54.7 Å². The highest BCUT2D eigenvalue weighted by Crippen LogP contribution is 2.28. The van der Waals surface area contributed by atoms with Crippen molar-refractivity contribution in [2.75, 3.05) is 11.9 Å². The molecule has 112 valence electrons. The lowest BCUT2D eigenvalue weighted by Gasteiger charge is -2.17.